The molecular weight excluding hydrogens is 488 g/mol. The second-order valence-corrected chi connectivity index (χ2v) is 13.5. The molecule has 0 aromatic rings. The average molecular weight is 535 g/mol. The van der Waals surface area contributed by atoms with Gasteiger partial charge in [-0.1, -0.05) is 67.7 Å². The molecule has 214 valence electrons. The van der Waals surface area contributed by atoms with Crippen molar-refractivity contribution in [2.24, 2.45) is 40.2 Å². The maximum atomic E-state index is 13.9. The summed E-state index contributed by atoms with van der Waals surface area (Å²) in [4.78, 5) is 66.1. The van der Waals surface area contributed by atoms with Crippen LogP contribution in [-0.2, 0) is 23.9 Å². The third kappa shape index (κ3) is 6.15. The second kappa shape index (κ2) is 10.8. The lowest BCUT2D eigenvalue weighted by Gasteiger charge is -2.38. The van der Waals surface area contributed by atoms with E-state index in [1.807, 2.05) is 34.6 Å². The predicted octanol–water partition coefficient (Wildman–Crippen LogP) is 2.38. The molecule has 3 unspecified atom stereocenters. The summed E-state index contributed by atoms with van der Waals surface area (Å²) in [5.41, 5.74) is 4.48. The van der Waals surface area contributed by atoms with E-state index in [0.717, 1.165) is 19.3 Å². The molecule has 0 radical (unpaired) electrons. The van der Waals surface area contributed by atoms with E-state index in [4.69, 9.17) is 10.5 Å². The quantitative estimate of drug-likeness (QED) is 0.367. The molecule has 2 saturated carbocycles. The minimum Gasteiger partial charge on any atom is -0.446 e. The Morgan fingerprint density at radius 3 is 2.13 bits per heavy atom. The lowest BCUT2D eigenvalue weighted by molar-refractivity contribution is -0.145. The van der Waals surface area contributed by atoms with Gasteiger partial charge in [0.05, 0.1) is 6.04 Å². The summed E-state index contributed by atoms with van der Waals surface area (Å²) in [6, 6.07) is -2.75. The molecule has 4 amide bonds. The molecule has 10 heteroatoms. The number of ether oxygens (including phenoxy) is 1. The summed E-state index contributed by atoms with van der Waals surface area (Å²) >= 11 is 0. The van der Waals surface area contributed by atoms with Crippen molar-refractivity contribution in [1.29, 1.82) is 0 Å². The number of likely N-dealkylation sites (tertiary alicyclic amines) is 1. The Morgan fingerprint density at radius 2 is 1.66 bits per heavy atom. The molecule has 3 rings (SSSR count). The number of amides is 4. The van der Waals surface area contributed by atoms with E-state index in [0.29, 0.717) is 13.0 Å². The molecule has 3 aliphatic rings. The molecule has 4 N–H and O–H groups in total. The summed E-state index contributed by atoms with van der Waals surface area (Å²) in [6.07, 6.45) is 2.28. The molecule has 6 atom stereocenters. The first-order valence-corrected chi connectivity index (χ1v) is 13.9. The van der Waals surface area contributed by atoms with Crippen LogP contribution in [0, 0.1) is 34.5 Å². The molecule has 3 fully saturated rings. The zero-order valence-corrected chi connectivity index (χ0v) is 24.1. The minimum absolute atomic E-state index is 0.0898. The van der Waals surface area contributed by atoms with Gasteiger partial charge in [-0.05, 0) is 47.8 Å². The highest BCUT2D eigenvalue weighted by Crippen LogP contribution is 2.65. The normalized spacial score (nSPS) is 26.4. The average Bonchev–Trinajstić information content (AvgIpc) is 3.10. The summed E-state index contributed by atoms with van der Waals surface area (Å²) in [5.74, 6) is -2.33. The van der Waals surface area contributed by atoms with Crippen molar-refractivity contribution < 1.29 is 28.7 Å². The zero-order valence-electron chi connectivity index (χ0n) is 24.1. The number of nitrogens with two attached hydrogens (primary N) is 1. The van der Waals surface area contributed by atoms with Crippen molar-refractivity contribution >= 4 is 29.6 Å². The van der Waals surface area contributed by atoms with Gasteiger partial charge in [0.1, 0.15) is 18.2 Å². The Balaban J connectivity index is 1.82. The van der Waals surface area contributed by atoms with E-state index in [9.17, 15) is 24.0 Å². The van der Waals surface area contributed by atoms with E-state index in [-0.39, 0.29) is 41.1 Å². The molecule has 0 bridgehead atoms. The smallest absolute Gasteiger partial charge is 0.408 e. The van der Waals surface area contributed by atoms with Crippen molar-refractivity contribution in [1.82, 2.24) is 15.5 Å². The van der Waals surface area contributed by atoms with E-state index in [1.165, 1.54) is 4.90 Å². The number of rotatable bonds is 10. The van der Waals surface area contributed by atoms with Crippen LogP contribution in [0.5, 0.6) is 0 Å². The number of Topliss-reactive ketones (excluding diaryl/α,β-unsaturated/α-hetero) is 1. The van der Waals surface area contributed by atoms with Crippen LogP contribution in [0.2, 0.25) is 0 Å². The Kier molecular flexibility index (Phi) is 8.53. The largest absolute Gasteiger partial charge is 0.446 e. The summed E-state index contributed by atoms with van der Waals surface area (Å²) < 4.78 is 5.46. The number of carbonyl (C=O) groups excluding carboxylic acids is 5. The number of nitrogens with one attached hydrogen (secondary N) is 2. The molecule has 10 nitrogen and oxygen atoms in total. The molecule has 0 aromatic carbocycles. The Hall–Kier alpha value is -2.65. The van der Waals surface area contributed by atoms with Crippen LogP contribution < -0.4 is 16.4 Å². The summed E-state index contributed by atoms with van der Waals surface area (Å²) in [7, 11) is 0. The van der Waals surface area contributed by atoms with E-state index in [2.05, 4.69) is 24.5 Å². The number of fused-ring (bicyclic) bond motifs is 1. The van der Waals surface area contributed by atoms with Crippen molar-refractivity contribution in [3.63, 3.8) is 0 Å². The van der Waals surface area contributed by atoms with E-state index >= 15 is 0 Å². The van der Waals surface area contributed by atoms with Gasteiger partial charge in [0.2, 0.25) is 17.6 Å². The lowest BCUT2D eigenvalue weighted by atomic mass is 9.80. The van der Waals surface area contributed by atoms with Crippen molar-refractivity contribution in [3.8, 4) is 0 Å². The maximum absolute atomic E-state index is 13.9. The van der Waals surface area contributed by atoms with Gasteiger partial charge in [0.25, 0.3) is 5.91 Å². The van der Waals surface area contributed by atoms with Gasteiger partial charge in [-0.15, -0.1) is 0 Å². The minimum atomic E-state index is -1.08. The van der Waals surface area contributed by atoms with Gasteiger partial charge in [-0.25, -0.2) is 4.79 Å². The highest BCUT2D eigenvalue weighted by atomic mass is 16.6. The zero-order chi connectivity index (χ0) is 28.7. The van der Waals surface area contributed by atoms with Crippen molar-refractivity contribution in [3.05, 3.63) is 0 Å². The highest BCUT2D eigenvalue weighted by Gasteiger charge is 2.70. The number of piperidine rings is 1. The second-order valence-electron chi connectivity index (χ2n) is 13.5. The van der Waals surface area contributed by atoms with Gasteiger partial charge >= 0.3 is 6.09 Å². The number of primary amides is 1. The molecule has 1 saturated heterocycles. The van der Waals surface area contributed by atoms with Gasteiger partial charge < -0.3 is 26.0 Å². The Bertz CT molecular complexity index is 967. The van der Waals surface area contributed by atoms with Crippen LogP contribution in [0.25, 0.3) is 0 Å². The third-order valence-electron chi connectivity index (χ3n) is 9.04. The summed E-state index contributed by atoms with van der Waals surface area (Å²) in [6.45, 7) is 15.7. The SMILES string of the molecule is CC(C)C(C)OC(=O)N[C@H](C(=O)N1C[C@@H]2C([C@H]1C(=O)NC(CC1CCC1)C(=O)C(N)=O)C2(C)C)C(C)(C)C. The van der Waals surface area contributed by atoms with Crippen LogP contribution in [-0.4, -0.2) is 65.3 Å². The number of hydrogen-bond donors (Lipinski definition) is 3. The number of carbonyl (C=O) groups is 5. The van der Waals surface area contributed by atoms with E-state index < -0.39 is 47.2 Å². The van der Waals surface area contributed by atoms with E-state index in [1.54, 1.807) is 6.92 Å². The fourth-order valence-corrected chi connectivity index (χ4v) is 5.81. The van der Waals surface area contributed by atoms with Crippen LogP contribution in [0.3, 0.4) is 0 Å². The molecule has 1 heterocycles. The van der Waals surface area contributed by atoms with Gasteiger partial charge in [-0.2, -0.15) is 0 Å². The lowest BCUT2D eigenvalue weighted by Crippen LogP contribution is -2.60. The molecule has 0 aromatic heterocycles. The first kappa shape index (κ1) is 29.9. The molecule has 2 aliphatic carbocycles. The third-order valence-corrected chi connectivity index (χ3v) is 9.04. The number of alkyl carbamates (subject to hydrolysis) is 1. The van der Waals surface area contributed by atoms with Crippen LogP contribution in [0.1, 0.15) is 81.1 Å². The number of ketones is 1. The first-order valence-electron chi connectivity index (χ1n) is 13.9. The molecular formula is C28H46N4O6. The number of nitrogens with zero attached hydrogens (tertiary/aromatic N) is 1. The van der Waals surface area contributed by atoms with Gasteiger partial charge in [0, 0.05) is 6.54 Å². The van der Waals surface area contributed by atoms with Crippen molar-refractivity contribution in [2.75, 3.05) is 6.54 Å². The summed E-state index contributed by atoms with van der Waals surface area (Å²) in [5, 5.41) is 5.53. The number of hydrogen-bond acceptors (Lipinski definition) is 6. The van der Waals surface area contributed by atoms with Gasteiger partial charge in [0.15, 0.2) is 0 Å². The van der Waals surface area contributed by atoms with Crippen LogP contribution >= 0.6 is 0 Å². The Labute approximate surface area is 226 Å². The monoisotopic (exact) mass is 534 g/mol. The standard InChI is InChI=1S/C28H46N4O6/c1-14(2)15(3)38-26(37)31-22(27(4,5)6)25(36)32-13-17-19(28(17,7)8)20(32)24(35)30-18(21(33)23(29)34)12-16-10-9-11-16/h14-20,22H,9-13H2,1-8H3,(H2,29,34)(H,30,35)(H,31,37)/t15?,17-,18?,19?,20+,22-/m1/s1. The molecule has 0 spiro atoms. The molecule has 38 heavy (non-hydrogen) atoms. The Morgan fingerprint density at radius 1 is 1.05 bits per heavy atom. The van der Waals surface area contributed by atoms with Crippen LogP contribution in [0.4, 0.5) is 4.79 Å². The van der Waals surface area contributed by atoms with Crippen molar-refractivity contribution in [2.45, 2.75) is 105 Å². The van der Waals surface area contributed by atoms with Crippen LogP contribution in [0.15, 0.2) is 0 Å². The fraction of sp³-hybridized carbons (Fsp3) is 0.821. The molecule has 1 aliphatic heterocycles. The predicted molar refractivity (Wildman–Crippen MR) is 142 cm³/mol. The van der Waals surface area contributed by atoms with Gasteiger partial charge in [-0.3, -0.25) is 19.2 Å². The first-order chi connectivity index (χ1) is 17.5. The maximum Gasteiger partial charge on any atom is 0.408 e. The highest BCUT2D eigenvalue weighted by molar-refractivity contribution is 6.37. The fourth-order valence-electron chi connectivity index (χ4n) is 5.81. The topological polar surface area (TPSA) is 148 Å².